The lowest BCUT2D eigenvalue weighted by atomic mass is 9.88. The maximum absolute atomic E-state index is 5.74. The van der Waals surface area contributed by atoms with Crippen LogP contribution in [0.5, 0.6) is 0 Å². The molecule has 13 heavy (non-hydrogen) atoms. The Kier molecular flexibility index (Phi) is 2.72. The Bertz CT molecular complexity index is 256. The molecule has 0 bridgehead atoms. The third kappa shape index (κ3) is 1.96. The van der Waals surface area contributed by atoms with Gasteiger partial charge in [-0.3, -0.25) is 0 Å². The lowest BCUT2D eigenvalue weighted by Crippen LogP contribution is -2.03. The molecule has 0 spiro atoms. The molecular formula is C12H17O. The molecule has 1 radical (unpaired) electrons. The molecule has 0 unspecified atom stereocenters. The summed E-state index contributed by atoms with van der Waals surface area (Å²) < 4.78 is 5.74. The fourth-order valence-corrected chi connectivity index (χ4v) is 1.98. The average molecular weight is 177 g/mol. The minimum Gasteiger partial charge on any atom is -0.465 e. The van der Waals surface area contributed by atoms with Crippen molar-refractivity contribution < 1.29 is 4.42 Å². The summed E-state index contributed by atoms with van der Waals surface area (Å²) in [5, 5.41) is 0. The number of furan rings is 1. The normalized spacial score (nSPS) is 19.2. The van der Waals surface area contributed by atoms with Crippen LogP contribution in [-0.4, -0.2) is 0 Å². The van der Waals surface area contributed by atoms with E-state index in [0.717, 1.165) is 17.9 Å². The number of hydrogen-bond donors (Lipinski definition) is 0. The van der Waals surface area contributed by atoms with Crippen molar-refractivity contribution >= 4 is 0 Å². The van der Waals surface area contributed by atoms with E-state index in [1.807, 2.05) is 0 Å². The molecule has 1 aliphatic rings. The Hall–Kier alpha value is -0.720. The third-order valence-electron chi connectivity index (χ3n) is 2.82. The van der Waals surface area contributed by atoms with Crippen LogP contribution in [-0.2, 0) is 6.42 Å². The van der Waals surface area contributed by atoms with Gasteiger partial charge in [-0.25, -0.2) is 0 Å². The lowest BCUT2D eigenvalue weighted by Gasteiger charge is -2.18. The second-order valence-electron chi connectivity index (χ2n) is 3.78. The molecule has 2 rings (SSSR count). The van der Waals surface area contributed by atoms with Crippen molar-refractivity contribution in [2.45, 2.75) is 45.4 Å². The molecule has 1 nitrogen and oxygen atoms in total. The van der Waals surface area contributed by atoms with Crippen molar-refractivity contribution in [3.8, 4) is 0 Å². The molecule has 0 amide bonds. The highest BCUT2D eigenvalue weighted by atomic mass is 16.3. The van der Waals surface area contributed by atoms with Crippen LogP contribution in [0.1, 0.15) is 50.5 Å². The van der Waals surface area contributed by atoms with Gasteiger partial charge < -0.3 is 4.42 Å². The molecule has 0 N–H and O–H groups in total. The largest absolute Gasteiger partial charge is 0.465 e. The van der Waals surface area contributed by atoms with E-state index in [1.54, 1.807) is 0 Å². The van der Waals surface area contributed by atoms with Crippen LogP contribution in [0.2, 0.25) is 0 Å². The van der Waals surface area contributed by atoms with Crippen molar-refractivity contribution in [2.75, 3.05) is 0 Å². The topological polar surface area (TPSA) is 13.1 Å². The molecule has 1 aromatic heterocycles. The highest BCUT2D eigenvalue weighted by Gasteiger charge is 2.18. The van der Waals surface area contributed by atoms with E-state index in [9.17, 15) is 0 Å². The van der Waals surface area contributed by atoms with Crippen molar-refractivity contribution in [1.82, 2.24) is 0 Å². The van der Waals surface area contributed by atoms with E-state index in [1.165, 1.54) is 38.0 Å². The summed E-state index contributed by atoms with van der Waals surface area (Å²) in [5.74, 6) is 3.80. The first kappa shape index (κ1) is 8.86. The van der Waals surface area contributed by atoms with Crippen LogP contribution in [0.25, 0.3) is 0 Å². The van der Waals surface area contributed by atoms with Crippen molar-refractivity contribution in [1.29, 1.82) is 0 Å². The van der Waals surface area contributed by atoms with Crippen LogP contribution in [0.4, 0.5) is 0 Å². The molecular weight excluding hydrogens is 160 g/mol. The van der Waals surface area contributed by atoms with Gasteiger partial charge in [-0.05, 0) is 25.0 Å². The van der Waals surface area contributed by atoms with E-state index in [4.69, 9.17) is 4.42 Å². The maximum atomic E-state index is 5.74. The minimum atomic E-state index is 1.01. The smallest absolute Gasteiger partial charge is 0.111 e. The lowest BCUT2D eigenvalue weighted by molar-refractivity contribution is 0.442. The number of aryl methyl sites for hydroxylation is 1. The second-order valence-corrected chi connectivity index (χ2v) is 3.78. The average Bonchev–Trinajstić information content (AvgIpc) is 2.67. The fourth-order valence-electron chi connectivity index (χ4n) is 1.98. The molecule has 1 aromatic rings. The molecule has 71 valence electrons. The predicted molar refractivity (Wildman–Crippen MR) is 53.5 cm³/mol. The molecule has 0 aromatic carbocycles. The predicted octanol–water partition coefficient (Wildman–Crippen LogP) is 3.73. The summed E-state index contributed by atoms with van der Waals surface area (Å²) >= 11 is 0. The van der Waals surface area contributed by atoms with E-state index in [2.05, 4.69) is 19.1 Å². The first-order valence-electron chi connectivity index (χ1n) is 5.34. The first-order chi connectivity index (χ1) is 6.40. The van der Waals surface area contributed by atoms with E-state index < -0.39 is 0 Å². The molecule has 1 aliphatic carbocycles. The van der Waals surface area contributed by atoms with Crippen LogP contribution in [0.3, 0.4) is 0 Å². The van der Waals surface area contributed by atoms with Gasteiger partial charge in [-0.1, -0.05) is 26.2 Å². The van der Waals surface area contributed by atoms with Gasteiger partial charge in [0.1, 0.15) is 11.5 Å². The van der Waals surface area contributed by atoms with Crippen LogP contribution >= 0.6 is 0 Å². The highest BCUT2D eigenvalue weighted by molar-refractivity contribution is 5.23. The molecule has 0 aliphatic heterocycles. The van der Waals surface area contributed by atoms with Crippen LogP contribution in [0, 0.1) is 5.92 Å². The Morgan fingerprint density at radius 1 is 1.15 bits per heavy atom. The van der Waals surface area contributed by atoms with E-state index >= 15 is 0 Å². The van der Waals surface area contributed by atoms with Gasteiger partial charge in [0.15, 0.2) is 0 Å². The van der Waals surface area contributed by atoms with E-state index in [0.29, 0.717) is 0 Å². The van der Waals surface area contributed by atoms with Crippen LogP contribution < -0.4 is 0 Å². The van der Waals surface area contributed by atoms with Gasteiger partial charge >= 0.3 is 0 Å². The maximum Gasteiger partial charge on any atom is 0.111 e. The molecule has 0 saturated heterocycles. The monoisotopic (exact) mass is 177 g/mol. The molecule has 0 atom stereocenters. The zero-order valence-electron chi connectivity index (χ0n) is 8.31. The SMILES string of the molecule is CCc1ccc([C]2CCCCC2)o1. The van der Waals surface area contributed by atoms with Crippen molar-refractivity contribution in [3.05, 3.63) is 29.6 Å². The first-order valence-corrected chi connectivity index (χ1v) is 5.34. The zero-order chi connectivity index (χ0) is 9.10. The molecule has 1 heteroatoms. The summed E-state index contributed by atoms with van der Waals surface area (Å²) in [6, 6.07) is 4.25. The van der Waals surface area contributed by atoms with Gasteiger partial charge in [0.05, 0.1) is 0 Å². The summed E-state index contributed by atoms with van der Waals surface area (Å²) in [6.45, 7) is 2.13. The van der Waals surface area contributed by atoms with Gasteiger partial charge in [-0.2, -0.15) is 0 Å². The van der Waals surface area contributed by atoms with Crippen LogP contribution in [0.15, 0.2) is 16.5 Å². The summed E-state index contributed by atoms with van der Waals surface area (Å²) in [6.07, 6.45) is 7.58. The minimum absolute atomic E-state index is 1.01. The zero-order valence-corrected chi connectivity index (χ0v) is 8.31. The fraction of sp³-hybridized carbons (Fsp3) is 0.583. The summed E-state index contributed by atoms with van der Waals surface area (Å²) in [4.78, 5) is 0. The van der Waals surface area contributed by atoms with Gasteiger partial charge in [0.25, 0.3) is 0 Å². The number of hydrogen-bond acceptors (Lipinski definition) is 1. The Morgan fingerprint density at radius 3 is 2.54 bits per heavy atom. The Labute approximate surface area is 80.1 Å². The van der Waals surface area contributed by atoms with Gasteiger partial charge in [0, 0.05) is 12.3 Å². The third-order valence-corrected chi connectivity index (χ3v) is 2.82. The Balaban J connectivity index is 2.05. The Morgan fingerprint density at radius 2 is 1.92 bits per heavy atom. The van der Waals surface area contributed by atoms with Gasteiger partial charge in [-0.15, -0.1) is 0 Å². The summed E-state index contributed by atoms with van der Waals surface area (Å²) in [7, 11) is 0. The van der Waals surface area contributed by atoms with Crippen molar-refractivity contribution in [2.24, 2.45) is 0 Å². The van der Waals surface area contributed by atoms with Gasteiger partial charge in [0.2, 0.25) is 0 Å². The standard InChI is InChI=1S/C12H17O/c1-2-11-8-9-12(13-11)10-6-4-3-5-7-10/h8-9H,2-7H2,1H3. The molecule has 1 saturated carbocycles. The summed E-state index contributed by atoms with van der Waals surface area (Å²) in [5.41, 5.74) is 0. The van der Waals surface area contributed by atoms with Crippen molar-refractivity contribution in [3.63, 3.8) is 0 Å². The number of rotatable bonds is 2. The molecule has 1 fully saturated rings. The highest BCUT2D eigenvalue weighted by Crippen LogP contribution is 2.32. The molecule has 1 heterocycles. The quantitative estimate of drug-likeness (QED) is 0.671. The van der Waals surface area contributed by atoms with E-state index in [-0.39, 0.29) is 0 Å². The second kappa shape index (κ2) is 3.99.